The topological polar surface area (TPSA) is 62.2 Å². The number of benzene rings is 1. The zero-order valence-corrected chi connectivity index (χ0v) is 13.7. The van der Waals surface area contributed by atoms with Crippen molar-refractivity contribution in [1.82, 2.24) is 10.5 Å². The van der Waals surface area contributed by atoms with Gasteiger partial charge in [-0.3, -0.25) is 10.0 Å². The lowest BCUT2D eigenvalue weighted by molar-refractivity contribution is -0.136. The van der Waals surface area contributed by atoms with E-state index < -0.39 is 29.2 Å². The van der Waals surface area contributed by atoms with Gasteiger partial charge in [-0.05, 0) is 37.0 Å². The van der Waals surface area contributed by atoms with Gasteiger partial charge in [-0.2, -0.15) is 0 Å². The molecule has 7 heteroatoms. The predicted molar refractivity (Wildman–Crippen MR) is 84.5 cm³/mol. The molecule has 0 radical (unpaired) electrons. The summed E-state index contributed by atoms with van der Waals surface area (Å²) >= 11 is 1.41. The lowest BCUT2D eigenvalue weighted by Gasteiger charge is -2.08. The molecular weight excluding hydrogens is 334 g/mol. The summed E-state index contributed by atoms with van der Waals surface area (Å²) < 4.78 is 29.3. The van der Waals surface area contributed by atoms with E-state index in [1.165, 1.54) is 28.9 Å². The van der Waals surface area contributed by atoms with Crippen molar-refractivity contribution < 1.29 is 18.8 Å². The third kappa shape index (κ3) is 2.18. The fraction of sp³-hybridized carbons (Fsp3) is 0.412. The number of nitrogens with one attached hydrogen (secondary N) is 1. The van der Waals surface area contributed by atoms with Gasteiger partial charge in [-0.25, -0.2) is 19.2 Å². The fourth-order valence-electron chi connectivity index (χ4n) is 3.43. The second-order valence-corrected chi connectivity index (χ2v) is 7.59. The van der Waals surface area contributed by atoms with E-state index in [1.54, 1.807) is 19.2 Å². The van der Waals surface area contributed by atoms with E-state index in [1.807, 2.05) is 0 Å². The summed E-state index contributed by atoms with van der Waals surface area (Å²) in [5.74, 6) is -2.67. The Morgan fingerprint density at radius 3 is 2.83 bits per heavy atom. The molecule has 2 N–H and O–H groups in total. The Morgan fingerprint density at radius 1 is 1.42 bits per heavy atom. The van der Waals surface area contributed by atoms with Crippen molar-refractivity contribution in [2.24, 2.45) is 0 Å². The average molecular weight is 350 g/mol. The number of carbonyl (C=O) groups is 1. The highest BCUT2D eigenvalue weighted by Gasteiger charge is 2.73. The highest BCUT2D eigenvalue weighted by atomic mass is 32.1. The van der Waals surface area contributed by atoms with E-state index >= 15 is 4.39 Å². The maximum atomic E-state index is 15.4. The summed E-state index contributed by atoms with van der Waals surface area (Å²) in [6.07, 6.45) is 3.78. The molecule has 2 aromatic rings. The Kier molecular flexibility index (Phi) is 3.47. The minimum atomic E-state index is -2.29. The van der Waals surface area contributed by atoms with Crippen molar-refractivity contribution in [3.8, 4) is 0 Å². The minimum absolute atomic E-state index is 0.324. The van der Waals surface area contributed by atoms with Crippen LogP contribution in [0, 0.1) is 12.7 Å². The van der Waals surface area contributed by atoms with E-state index in [0.717, 1.165) is 17.8 Å². The largest absolute Gasteiger partial charge is 0.289 e. The maximum absolute atomic E-state index is 15.4. The Bertz CT molecular complexity index is 821. The smallest absolute Gasteiger partial charge is 0.282 e. The van der Waals surface area contributed by atoms with Crippen molar-refractivity contribution in [3.63, 3.8) is 0 Å². The van der Waals surface area contributed by atoms with Crippen LogP contribution in [0.5, 0.6) is 0 Å². The summed E-state index contributed by atoms with van der Waals surface area (Å²) in [5.41, 5.74) is -0.0964. The maximum Gasteiger partial charge on any atom is 0.282 e. The number of thiazole rings is 1. The van der Waals surface area contributed by atoms with Crippen molar-refractivity contribution >= 4 is 17.2 Å². The third-order valence-corrected chi connectivity index (χ3v) is 6.24. The molecule has 2 aliphatic rings. The molecule has 1 aromatic carbocycles. The number of hydrogen-bond donors (Lipinski definition) is 2. The van der Waals surface area contributed by atoms with E-state index in [4.69, 9.17) is 5.21 Å². The number of carbonyl (C=O) groups excluding carboxylic acids is 1. The summed E-state index contributed by atoms with van der Waals surface area (Å²) in [5, 5.41) is 9.90. The van der Waals surface area contributed by atoms with Gasteiger partial charge < -0.3 is 0 Å². The molecule has 126 valence electrons. The molecule has 0 bridgehead atoms. The van der Waals surface area contributed by atoms with E-state index in [0.29, 0.717) is 21.9 Å². The van der Waals surface area contributed by atoms with Crippen molar-refractivity contribution in [3.05, 3.63) is 51.2 Å². The fourth-order valence-corrected chi connectivity index (χ4v) is 4.72. The molecule has 24 heavy (non-hydrogen) atoms. The van der Waals surface area contributed by atoms with Crippen LogP contribution < -0.4 is 5.48 Å². The number of alkyl halides is 1. The lowest BCUT2D eigenvalue weighted by Crippen LogP contribution is -2.33. The minimum Gasteiger partial charge on any atom is -0.289 e. The van der Waals surface area contributed by atoms with Gasteiger partial charge in [0, 0.05) is 28.8 Å². The van der Waals surface area contributed by atoms with Crippen LogP contribution in [0.25, 0.3) is 0 Å². The number of amides is 1. The lowest BCUT2D eigenvalue weighted by atomic mass is 10.0. The summed E-state index contributed by atoms with van der Waals surface area (Å²) in [6, 6.07) is 4.44. The van der Waals surface area contributed by atoms with Gasteiger partial charge in [-0.15, -0.1) is 11.3 Å². The second kappa shape index (κ2) is 5.32. The van der Waals surface area contributed by atoms with E-state index in [9.17, 15) is 9.18 Å². The number of rotatable bonds is 4. The van der Waals surface area contributed by atoms with Crippen LogP contribution in [0.15, 0.2) is 24.4 Å². The molecule has 3 atom stereocenters. The van der Waals surface area contributed by atoms with Gasteiger partial charge in [0.25, 0.3) is 5.91 Å². The first-order valence-corrected chi connectivity index (χ1v) is 8.64. The molecule has 0 unspecified atom stereocenters. The number of hydroxylamine groups is 1. The first-order chi connectivity index (χ1) is 11.5. The molecular formula is C17H16F2N2O2S. The molecule has 0 saturated heterocycles. The van der Waals surface area contributed by atoms with Gasteiger partial charge in [-0.1, -0.05) is 12.1 Å². The number of hydrogen-bond acceptors (Lipinski definition) is 4. The molecule has 4 rings (SSSR count). The molecule has 0 spiro atoms. The Balaban J connectivity index is 1.75. The van der Waals surface area contributed by atoms with Crippen molar-refractivity contribution in [2.45, 2.75) is 43.2 Å². The van der Waals surface area contributed by atoms with Crippen LogP contribution in [0.4, 0.5) is 8.78 Å². The first-order valence-electron chi connectivity index (χ1n) is 7.82. The van der Waals surface area contributed by atoms with Gasteiger partial charge in [0.1, 0.15) is 5.82 Å². The highest BCUT2D eigenvalue weighted by molar-refractivity contribution is 7.11. The summed E-state index contributed by atoms with van der Waals surface area (Å²) in [6.45, 7) is 1.57. The predicted octanol–water partition coefficient (Wildman–Crippen LogP) is 3.56. The van der Waals surface area contributed by atoms with Gasteiger partial charge in [0.15, 0.2) is 0 Å². The van der Waals surface area contributed by atoms with Gasteiger partial charge in [0.05, 0.1) is 5.01 Å². The molecule has 2 fully saturated rings. The first kappa shape index (κ1) is 15.7. The van der Waals surface area contributed by atoms with Crippen LogP contribution in [0.1, 0.15) is 51.6 Å². The average Bonchev–Trinajstić information content (AvgIpc) is 3.47. The molecule has 1 aromatic heterocycles. The molecule has 1 amide bonds. The van der Waals surface area contributed by atoms with Crippen LogP contribution >= 0.6 is 11.3 Å². The zero-order valence-electron chi connectivity index (χ0n) is 12.9. The normalized spacial score (nSPS) is 28.7. The number of halogens is 2. The summed E-state index contributed by atoms with van der Waals surface area (Å²) in [7, 11) is 0. The van der Waals surface area contributed by atoms with Crippen LogP contribution in [-0.4, -0.2) is 21.8 Å². The quantitative estimate of drug-likeness (QED) is 0.655. The second-order valence-electron chi connectivity index (χ2n) is 6.49. The van der Waals surface area contributed by atoms with E-state index in [2.05, 4.69) is 4.98 Å². The van der Waals surface area contributed by atoms with Gasteiger partial charge in [0.2, 0.25) is 5.67 Å². The zero-order chi connectivity index (χ0) is 17.1. The monoisotopic (exact) mass is 350 g/mol. The Labute approximate surface area is 141 Å². The van der Waals surface area contributed by atoms with Crippen molar-refractivity contribution in [2.75, 3.05) is 0 Å². The van der Waals surface area contributed by atoms with Crippen LogP contribution in [0.2, 0.25) is 0 Å². The van der Waals surface area contributed by atoms with E-state index in [-0.39, 0.29) is 0 Å². The number of nitrogens with zero attached hydrogens (tertiary/aromatic N) is 1. The molecule has 0 aliphatic heterocycles. The SMILES string of the molecule is Cc1c(F)cccc1[C@@H]1[C@@H](c2cnc(C3CC3)s2)[C@]1(F)C(=O)NO. The molecule has 1 heterocycles. The molecule has 2 aliphatic carbocycles. The highest BCUT2D eigenvalue weighted by Crippen LogP contribution is 2.67. The van der Waals surface area contributed by atoms with Crippen LogP contribution in [-0.2, 0) is 4.79 Å². The third-order valence-electron chi connectivity index (χ3n) is 5.00. The summed E-state index contributed by atoms with van der Waals surface area (Å²) in [4.78, 5) is 17.0. The van der Waals surface area contributed by atoms with Crippen LogP contribution in [0.3, 0.4) is 0 Å². The number of aromatic nitrogens is 1. The van der Waals surface area contributed by atoms with Gasteiger partial charge >= 0.3 is 0 Å². The standard InChI is InChI=1S/C17H16F2N2O2S/c1-8-10(3-2-4-11(8)18)13-14(17(13,19)16(22)21-23)12-7-20-15(24-12)9-5-6-9/h2-4,7,9,13-14,23H,5-6H2,1H3,(H,21,22)/t13-,14-,17+/m1/s1. The molecule has 2 saturated carbocycles. The Hall–Kier alpha value is -1.86. The Morgan fingerprint density at radius 2 is 2.17 bits per heavy atom. The molecule has 4 nitrogen and oxygen atoms in total. The van der Waals surface area contributed by atoms with Crippen molar-refractivity contribution in [1.29, 1.82) is 0 Å².